The van der Waals surface area contributed by atoms with Gasteiger partial charge in [0.1, 0.15) is 0 Å². The summed E-state index contributed by atoms with van der Waals surface area (Å²) in [5.74, 6) is 0.832. The van der Waals surface area contributed by atoms with Crippen molar-refractivity contribution in [2.45, 2.75) is 6.54 Å². The fraction of sp³-hybridized carbons (Fsp3) is 0.0909. The van der Waals surface area contributed by atoms with Crippen LogP contribution in [0.3, 0.4) is 0 Å². The molecule has 0 saturated carbocycles. The maximum atomic E-state index is 5.06. The van der Waals surface area contributed by atoms with E-state index < -0.39 is 0 Å². The highest BCUT2D eigenvalue weighted by Crippen LogP contribution is 2.13. The summed E-state index contributed by atoms with van der Waals surface area (Å²) in [6.45, 7) is 0.667. The molecule has 0 atom stereocenters. The number of hydrogen-bond donors (Lipinski definition) is 0. The number of nitrogens with zero attached hydrogens (tertiary/aromatic N) is 3. The van der Waals surface area contributed by atoms with Crippen LogP contribution in [0.25, 0.3) is 11.0 Å². The lowest BCUT2D eigenvalue weighted by molar-refractivity contribution is 0.377. The van der Waals surface area contributed by atoms with Crippen LogP contribution in [0.1, 0.15) is 5.76 Å². The number of imidazole rings is 1. The Kier molecular flexibility index (Phi) is 1.78. The van der Waals surface area contributed by atoms with Gasteiger partial charge in [-0.3, -0.25) is 0 Å². The van der Waals surface area contributed by atoms with Crippen LogP contribution in [0.15, 0.2) is 47.4 Å². The van der Waals surface area contributed by atoms with Crippen molar-refractivity contribution in [3.05, 3.63) is 48.6 Å². The van der Waals surface area contributed by atoms with Gasteiger partial charge in [0.2, 0.25) is 0 Å². The summed E-state index contributed by atoms with van der Waals surface area (Å²) in [6, 6.07) is 9.87. The Morgan fingerprint density at radius 2 is 2.13 bits per heavy atom. The smallest absolute Gasteiger partial charge is 0.156 e. The fourth-order valence-electron chi connectivity index (χ4n) is 1.63. The molecular formula is C11H9N3O. The van der Waals surface area contributed by atoms with Gasteiger partial charge in [-0.25, -0.2) is 4.98 Å². The normalized spacial score (nSPS) is 10.9. The van der Waals surface area contributed by atoms with Crippen LogP contribution in [0, 0.1) is 0 Å². The molecule has 0 spiro atoms. The molecule has 2 heterocycles. The largest absolute Gasteiger partial charge is 0.359 e. The molecule has 0 fully saturated rings. The van der Waals surface area contributed by atoms with Crippen molar-refractivity contribution >= 4 is 11.0 Å². The van der Waals surface area contributed by atoms with Crippen LogP contribution in [0.2, 0.25) is 0 Å². The molecule has 1 aromatic carbocycles. The summed E-state index contributed by atoms with van der Waals surface area (Å²) >= 11 is 0. The summed E-state index contributed by atoms with van der Waals surface area (Å²) in [7, 11) is 0. The fourth-order valence-corrected chi connectivity index (χ4v) is 1.63. The molecule has 0 bridgehead atoms. The highest BCUT2D eigenvalue weighted by Gasteiger charge is 2.03. The molecule has 4 heteroatoms. The Labute approximate surface area is 86.1 Å². The second kappa shape index (κ2) is 3.24. The van der Waals surface area contributed by atoms with Gasteiger partial charge in [-0.2, -0.15) is 0 Å². The minimum absolute atomic E-state index is 0.667. The maximum Gasteiger partial charge on any atom is 0.156 e. The minimum atomic E-state index is 0.667. The van der Waals surface area contributed by atoms with E-state index in [2.05, 4.69) is 10.1 Å². The Morgan fingerprint density at radius 1 is 1.20 bits per heavy atom. The van der Waals surface area contributed by atoms with E-state index in [0.29, 0.717) is 6.54 Å². The van der Waals surface area contributed by atoms with Crippen molar-refractivity contribution in [3.63, 3.8) is 0 Å². The van der Waals surface area contributed by atoms with Crippen LogP contribution in [0.4, 0.5) is 0 Å². The van der Waals surface area contributed by atoms with E-state index >= 15 is 0 Å². The number of para-hydroxylation sites is 2. The predicted molar refractivity (Wildman–Crippen MR) is 55.3 cm³/mol. The van der Waals surface area contributed by atoms with Crippen molar-refractivity contribution < 1.29 is 4.52 Å². The Bertz CT molecular complexity index is 568. The third-order valence-electron chi connectivity index (χ3n) is 2.34. The molecule has 0 N–H and O–H groups in total. The Hall–Kier alpha value is -2.10. The van der Waals surface area contributed by atoms with Crippen LogP contribution < -0.4 is 0 Å². The van der Waals surface area contributed by atoms with E-state index in [4.69, 9.17) is 4.52 Å². The molecule has 2 aromatic heterocycles. The van der Waals surface area contributed by atoms with Crippen molar-refractivity contribution in [3.8, 4) is 0 Å². The van der Waals surface area contributed by atoms with Gasteiger partial charge < -0.3 is 9.09 Å². The van der Waals surface area contributed by atoms with E-state index in [-0.39, 0.29) is 0 Å². The molecule has 0 unspecified atom stereocenters. The quantitative estimate of drug-likeness (QED) is 0.634. The molecule has 0 aliphatic heterocycles. The molecule has 0 saturated heterocycles. The first kappa shape index (κ1) is 8.23. The van der Waals surface area contributed by atoms with E-state index in [0.717, 1.165) is 16.8 Å². The average molecular weight is 199 g/mol. The van der Waals surface area contributed by atoms with Gasteiger partial charge in [0, 0.05) is 6.07 Å². The van der Waals surface area contributed by atoms with Crippen molar-refractivity contribution in [1.29, 1.82) is 0 Å². The summed E-state index contributed by atoms with van der Waals surface area (Å²) in [5, 5.41) is 3.67. The van der Waals surface area contributed by atoms with E-state index in [1.807, 2.05) is 41.2 Å². The standard InChI is InChI=1S/C11H9N3O/c1-2-4-11-10(3-1)12-8-14(11)7-9-5-6-13-15-9/h1-6,8H,7H2. The SMILES string of the molecule is c1ccc2c(c1)ncn2Cc1ccno1. The molecule has 74 valence electrons. The zero-order chi connectivity index (χ0) is 10.1. The first-order valence-corrected chi connectivity index (χ1v) is 4.73. The molecule has 0 aliphatic rings. The molecule has 0 radical (unpaired) electrons. The van der Waals surface area contributed by atoms with Gasteiger partial charge in [0.15, 0.2) is 5.76 Å². The van der Waals surface area contributed by atoms with Gasteiger partial charge >= 0.3 is 0 Å². The van der Waals surface area contributed by atoms with Crippen molar-refractivity contribution in [1.82, 2.24) is 14.7 Å². The highest BCUT2D eigenvalue weighted by molar-refractivity contribution is 5.74. The van der Waals surface area contributed by atoms with Crippen molar-refractivity contribution in [2.24, 2.45) is 0 Å². The number of rotatable bonds is 2. The molecule has 4 nitrogen and oxygen atoms in total. The van der Waals surface area contributed by atoms with E-state index in [9.17, 15) is 0 Å². The predicted octanol–water partition coefficient (Wildman–Crippen LogP) is 2.07. The van der Waals surface area contributed by atoms with Crippen LogP contribution in [-0.2, 0) is 6.54 Å². The summed E-state index contributed by atoms with van der Waals surface area (Å²) in [4.78, 5) is 4.30. The molecular weight excluding hydrogens is 190 g/mol. The van der Waals surface area contributed by atoms with E-state index in [1.54, 1.807) is 6.20 Å². The topological polar surface area (TPSA) is 43.9 Å². The zero-order valence-corrected chi connectivity index (χ0v) is 8.00. The van der Waals surface area contributed by atoms with Gasteiger partial charge in [-0.05, 0) is 12.1 Å². The first-order valence-electron chi connectivity index (χ1n) is 4.73. The Morgan fingerprint density at radius 3 is 3.00 bits per heavy atom. The zero-order valence-electron chi connectivity index (χ0n) is 8.00. The lowest BCUT2D eigenvalue weighted by Crippen LogP contribution is -1.95. The van der Waals surface area contributed by atoms with Gasteiger partial charge in [0.25, 0.3) is 0 Å². The lowest BCUT2D eigenvalue weighted by Gasteiger charge is -1.99. The molecule has 3 rings (SSSR count). The van der Waals surface area contributed by atoms with Gasteiger partial charge in [-0.1, -0.05) is 17.3 Å². The van der Waals surface area contributed by atoms with Crippen molar-refractivity contribution in [2.75, 3.05) is 0 Å². The van der Waals surface area contributed by atoms with Gasteiger partial charge in [-0.15, -0.1) is 0 Å². The van der Waals surface area contributed by atoms with Crippen LogP contribution >= 0.6 is 0 Å². The molecule has 0 aliphatic carbocycles. The highest BCUT2D eigenvalue weighted by atomic mass is 16.5. The van der Waals surface area contributed by atoms with Crippen LogP contribution in [-0.4, -0.2) is 14.7 Å². The number of fused-ring (bicyclic) bond motifs is 1. The third-order valence-corrected chi connectivity index (χ3v) is 2.34. The maximum absolute atomic E-state index is 5.06. The molecule has 0 amide bonds. The van der Waals surface area contributed by atoms with Crippen LogP contribution in [0.5, 0.6) is 0 Å². The number of benzene rings is 1. The molecule has 3 aromatic rings. The Balaban J connectivity index is 2.05. The lowest BCUT2D eigenvalue weighted by atomic mass is 10.3. The average Bonchev–Trinajstić information content (AvgIpc) is 2.89. The minimum Gasteiger partial charge on any atom is -0.359 e. The summed E-state index contributed by atoms with van der Waals surface area (Å²) in [5.41, 5.74) is 2.10. The number of hydrogen-bond acceptors (Lipinski definition) is 3. The molecule has 15 heavy (non-hydrogen) atoms. The second-order valence-electron chi connectivity index (χ2n) is 3.34. The summed E-state index contributed by atoms with van der Waals surface area (Å²) in [6.07, 6.45) is 3.46. The second-order valence-corrected chi connectivity index (χ2v) is 3.34. The first-order chi connectivity index (χ1) is 7.43. The van der Waals surface area contributed by atoms with E-state index in [1.165, 1.54) is 0 Å². The van der Waals surface area contributed by atoms with Gasteiger partial charge in [0.05, 0.1) is 30.1 Å². The summed E-state index contributed by atoms with van der Waals surface area (Å²) < 4.78 is 7.09. The monoisotopic (exact) mass is 199 g/mol. The number of aromatic nitrogens is 3. The third kappa shape index (κ3) is 1.40.